The molecule has 18 heteroatoms. The number of rotatable bonds is 13. The van der Waals surface area contributed by atoms with Gasteiger partial charge in [0.25, 0.3) is 0 Å². The Balaban J connectivity index is 1.20. The maximum Gasteiger partial charge on any atom is 0.247 e. The molecule has 2 saturated heterocycles. The highest BCUT2D eigenvalue weighted by Crippen LogP contribution is 2.33. The predicted molar refractivity (Wildman–Crippen MR) is 280 cm³/mol. The number of imidazole rings is 1. The summed E-state index contributed by atoms with van der Waals surface area (Å²) in [4.78, 5) is 83.7. The molecule has 1 aromatic heterocycles. The first-order chi connectivity index (χ1) is 35.0. The maximum atomic E-state index is 15.1. The first-order valence-corrected chi connectivity index (χ1v) is 25.4. The van der Waals surface area contributed by atoms with Crippen LogP contribution in [0.3, 0.4) is 0 Å². The average molecular weight is 1040 g/mol. The molecule has 73 heavy (non-hydrogen) atoms. The monoisotopic (exact) mass is 1040 g/mol. The molecule has 2 aliphatic heterocycles. The summed E-state index contributed by atoms with van der Waals surface area (Å²) in [5, 5.41) is 16.8. The molecular weight excluding hydrogens is 972 g/mol. The highest BCUT2D eigenvalue weighted by Gasteiger charge is 2.36. The SMILES string of the molecule is COC[C@@H]1NC(=O)[C@H](C)N(Cc2ccc(Cl)cc2Oc2ccc(-c3cnc(CN4CCC(O)C4)n3C)cc2)C(=O)C[C@@H](Cc2ccccc2)C(=O)N(C)[C@@H](C)CNC(=O)C[C@H](Cc2ccc(Cl)cc2)N(C)C1=O. The number of aliphatic hydroxyl groups excluding tert-OH is 1. The second kappa shape index (κ2) is 25.1. The molecule has 2 aliphatic rings. The Labute approximate surface area is 437 Å². The summed E-state index contributed by atoms with van der Waals surface area (Å²) in [5.74, 6) is -1.45. The van der Waals surface area contributed by atoms with Crippen molar-refractivity contribution in [2.24, 2.45) is 13.0 Å². The van der Waals surface area contributed by atoms with Crippen LogP contribution in [0.2, 0.25) is 10.0 Å². The van der Waals surface area contributed by atoms with Crippen LogP contribution < -0.4 is 15.4 Å². The van der Waals surface area contributed by atoms with E-state index in [1.165, 1.54) is 16.9 Å². The van der Waals surface area contributed by atoms with E-state index in [4.69, 9.17) is 32.7 Å². The van der Waals surface area contributed by atoms with Crippen molar-refractivity contribution in [1.82, 2.24) is 39.8 Å². The number of β-amino-alcohol motifs (C(OH)–C–C–N with tert-alkyl or cyclic N) is 1. The first-order valence-electron chi connectivity index (χ1n) is 24.6. The van der Waals surface area contributed by atoms with Gasteiger partial charge in [-0.1, -0.05) is 71.7 Å². The van der Waals surface area contributed by atoms with Gasteiger partial charge in [0.05, 0.1) is 43.6 Å². The van der Waals surface area contributed by atoms with Gasteiger partial charge in [0.15, 0.2) is 0 Å². The molecule has 3 N–H and O–H groups in total. The van der Waals surface area contributed by atoms with Crippen molar-refractivity contribution in [1.29, 1.82) is 0 Å². The number of likely N-dealkylation sites (tertiary alicyclic amines) is 1. The number of aromatic nitrogens is 2. The van der Waals surface area contributed by atoms with Crippen molar-refractivity contribution >= 4 is 52.7 Å². The smallest absolute Gasteiger partial charge is 0.247 e. The minimum Gasteiger partial charge on any atom is -0.457 e. The quantitative estimate of drug-likeness (QED) is 0.122. The molecule has 5 aromatic rings. The molecule has 0 spiro atoms. The number of nitrogens with one attached hydrogen (secondary N) is 2. The molecule has 0 aliphatic carbocycles. The lowest BCUT2D eigenvalue weighted by atomic mass is 9.93. The van der Waals surface area contributed by atoms with Crippen LogP contribution in [0, 0.1) is 5.92 Å². The van der Waals surface area contributed by atoms with Crippen molar-refractivity contribution in [2.45, 2.75) is 89.3 Å². The van der Waals surface area contributed by atoms with Crippen LogP contribution >= 0.6 is 23.2 Å². The number of amides is 5. The number of halogens is 2. The molecule has 3 heterocycles. The minimum atomic E-state index is -1.20. The number of ether oxygens (including phenoxy) is 2. The van der Waals surface area contributed by atoms with E-state index in [2.05, 4.69) is 20.5 Å². The number of likely N-dealkylation sites (N-methyl/N-ethyl adjacent to an activating group) is 2. The molecule has 0 bridgehead atoms. The Morgan fingerprint density at radius 1 is 0.795 bits per heavy atom. The number of methoxy groups -OCH3 is 1. The van der Waals surface area contributed by atoms with E-state index < -0.39 is 47.8 Å². The summed E-state index contributed by atoms with van der Waals surface area (Å²) < 4.78 is 14.0. The van der Waals surface area contributed by atoms with Crippen LogP contribution in [0.25, 0.3) is 11.3 Å². The lowest BCUT2D eigenvalue weighted by Crippen LogP contribution is -2.57. The van der Waals surface area contributed by atoms with Gasteiger partial charge in [0, 0.05) is 94.0 Å². The van der Waals surface area contributed by atoms with Crippen LogP contribution in [0.15, 0.2) is 103 Å². The van der Waals surface area contributed by atoms with Gasteiger partial charge < -0.3 is 44.5 Å². The normalized spacial score (nSPS) is 22.3. The lowest BCUT2D eigenvalue weighted by Gasteiger charge is -2.35. The van der Waals surface area contributed by atoms with Gasteiger partial charge in [0.2, 0.25) is 29.5 Å². The van der Waals surface area contributed by atoms with Gasteiger partial charge in [-0.15, -0.1) is 0 Å². The second-order valence-electron chi connectivity index (χ2n) is 19.2. The summed E-state index contributed by atoms with van der Waals surface area (Å²) in [7, 11) is 6.62. The van der Waals surface area contributed by atoms with E-state index in [0.717, 1.165) is 41.2 Å². The second-order valence-corrected chi connectivity index (χ2v) is 20.1. The highest BCUT2D eigenvalue weighted by atomic mass is 35.5. The number of nitrogens with zero attached hydrogens (tertiary/aromatic N) is 6. The molecule has 16 nitrogen and oxygen atoms in total. The molecule has 7 rings (SSSR count). The summed E-state index contributed by atoms with van der Waals surface area (Å²) in [5.41, 5.74) is 4.01. The van der Waals surface area contributed by atoms with Gasteiger partial charge in [-0.2, -0.15) is 0 Å². The van der Waals surface area contributed by atoms with E-state index >= 15 is 4.79 Å². The zero-order chi connectivity index (χ0) is 52.3. The molecular formula is C55H66Cl2N8O8. The third-order valence-corrected chi connectivity index (χ3v) is 14.4. The Hall–Kier alpha value is -6.30. The number of benzene rings is 4. The summed E-state index contributed by atoms with van der Waals surface area (Å²) in [6.45, 7) is 5.23. The van der Waals surface area contributed by atoms with Crippen LogP contribution in [-0.2, 0) is 61.7 Å². The number of hydrogen-bond donors (Lipinski definition) is 3. The summed E-state index contributed by atoms with van der Waals surface area (Å²) >= 11 is 12.8. The predicted octanol–water partition coefficient (Wildman–Crippen LogP) is 6.29. The zero-order valence-electron chi connectivity index (χ0n) is 42.3. The molecule has 2 fully saturated rings. The van der Waals surface area contributed by atoms with E-state index in [9.17, 15) is 24.3 Å². The third kappa shape index (κ3) is 14.3. The van der Waals surface area contributed by atoms with Crippen molar-refractivity contribution in [3.05, 3.63) is 136 Å². The van der Waals surface area contributed by atoms with Crippen LogP contribution in [0.4, 0.5) is 0 Å². The highest BCUT2D eigenvalue weighted by molar-refractivity contribution is 6.31. The van der Waals surface area contributed by atoms with Crippen LogP contribution in [0.5, 0.6) is 11.5 Å². The fraction of sp³-hybridized carbons (Fsp3) is 0.418. The van der Waals surface area contributed by atoms with E-state index in [0.29, 0.717) is 46.6 Å². The molecule has 388 valence electrons. The number of aliphatic hydroxyl groups is 1. The lowest BCUT2D eigenvalue weighted by molar-refractivity contribution is -0.147. The Morgan fingerprint density at radius 2 is 1.49 bits per heavy atom. The van der Waals surface area contributed by atoms with E-state index in [-0.39, 0.29) is 56.9 Å². The number of carbonyl (C=O) groups excluding carboxylic acids is 5. The van der Waals surface area contributed by atoms with E-state index in [1.807, 2.05) is 91.5 Å². The molecule has 1 unspecified atom stereocenters. The molecule has 0 saturated carbocycles. The topological polar surface area (TPSA) is 179 Å². The summed E-state index contributed by atoms with van der Waals surface area (Å²) in [6.07, 6.45) is 2.42. The fourth-order valence-corrected chi connectivity index (χ4v) is 9.61. The van der Waals surface area contributed by atoms with E-state index in [1.54, 1.807) is 56.3 Å². The van der Waals surface area contributed by atoms with Crippen molar-refractivity contribution in [3.8, 4) is 22.8 Å². The van der Waals surface area contributed by atoms with Gasteiger partial charge in [-0.25, -0.2) is 4.98 Å². The van der Waals surface area contributed by atoms with Gasteiger partial charge in [-0.05, 0) is 92.8 Å². The molecule has 0 radical (unpaired) electrons. The average Bonchev–Trinajstić information content (AvgIpc) is 3.97. The zero-order valence-corrected chi connectivity index (χ0v) is 43.8. The van der Waals surface area contributed by atoms with Gasteiger partial charge in [-0.3, -0.25) is 28.9 Å². The van der Waals surface area contributed by atoms with Gasteiger partial charge >= 0.3 is 0 Å². The third-order valence-electron chi connectivity index (χ3n) is 14.0. The van der Waals surface area contributed by atoms with Crippen molar-refractivity contribution in [3.63, 3.8) is 0 Å². The Bertz CT molecular complexity index is 2710. The van der Waals surface area contributed by atoms with Crippen molar-refractivity contribution in [2.75, 3.05) is 47.4 Å². The van der Waals surface area contributed by atoms with Crippen molar-refractivity contribution < 1.29 is 38.6 Å². The minimum absolute atomic E-state index is 0.0783. The summed E-state index contributed by atoms with van der Waals surface area (Å²) in [6, 6.07) is 25.6. The standard InChI is InChI=1S/C55H66Cl2N8O8/c1-35-29-59-51(67)28-44(25-38-12-17-42(56)18-13-38)62(4)55(71)47(34-72-6)60-53(69)36(2)65(52(68)26-41(54(70)61(35)3)24-37-10-8-7-9-11-37)31-40-14-19-43(57)27-49(40)73-46-20-15-39(16-21-46)48-30-58-50(63(48)5)33-64-23-22-45(66)32-64/h7-21,27,30,35-36,41,44-45,47,66H,22-26,28-29,31-34H2,1-6H3,(H,59,67)(H,60,69)/t35-,36-,41+,44-,45?,47-/m0/s1. The van der Waals surface area contributed by atoms with Crippen LogP contribution in [-0.4, -0.2) is 142 Å². The molecule has 4 aromatic carbocycles. The molecule has 5 amide bonds. The maximum absolute atomic E-state index is 15.1. The Morgan fingerprint density at radius 3 is 2.18 bits per heavy atom. The number of hydrogen-bond acceptors (Lipinski definition) is 10. The van der Waals surface area contributed by atoms with Gasteiger partial charge in [0.1, 0.15) is 29.4 Å². The fourth-order valence-electron chi connectivity index (χ4n) is 9.32. The number of carbonyl (C=O) groups is 5. The Kier molecular flexibility index (Phi) is 18.7. The molecule has 6 atom stereocenters. The largest absolute Gasteiger partial charge is 0.457 e. The van der Waals surface area contributed by atoms with Crippen LogP contribution in [0.1, 0.15) is 55.6 Å². The first kappa shape index (κ1) is 54.5.